The molecular formula is C21H18F4N8O2. The molecular weight excluding hydrogens is 472 g/mol. The second-order valence-corrected chi connectivity index (χ2v) is 7.27. The number of nitrogens with one attached hydrogen (secondary N) is 1. The maximum atomic E-state index is 13.4. The van der Waals surface area contributed by atoms with Crippen molar-refractivity contribution in [2.24, 2.45) is 0 Å². The lowest BCUT2D eigenvalue weighted by molar-refractivity contribution is -0.137. The zero-order valence-electron chi connectivity index (χ0n) is 18.0. The van der Waals surface area contributed by atoms with Crippen molar-refractivity contribution in [2.75, 3.05) is 11.9 Å². The van der Waals surface area contributed by atoms with Crippen molar-refractivity contribution in [1.29, 1.82) is 0 Å². The van der Waals surface area contributed by atoms with Crippen LogP contribution in [-0.4, -0.2) is 47.3 Å². The highest BCUT2D eigenvalue weighted by molar-refractivity contribution is 5.92. The number of aryl methyl sites for hydroxylation is 1. The van der Waals surface area contributed by atoms with Gasteiger partial charge in [0.2, 0.25) is 5.91 Å². The lowest BCUT2D eigenvalue weighted by Crippen LogP contribution is -2.21. The first-order valence-electron chi connectivity index (χ1n) is 10.3. The van der Waals surface area contributed by atoms with Crippen LogP contribution in [-0.2, 0) is 23.9 Å². The maximum Gasteiger partial charge on any atom is 0.416 e. The van der Waals surface area contributed by atoms with Crippen LogP contribution in [0, 0.1) is 5.95 Å². The first-order valence-corrected chi connectivity index (χ1v) is 10.3. The molecule has 4 aromatic rings. The number of pyridine rings is 1. The molecule has 3 aromatic heterocycles. The van der Waals surface area contributed by atoms with Gasteiger partial charge in [-0.05, 0) is 43.2 Å². The molecule has 14 heteroatoms. The predicted octanol–water partition coefficient (Wildman–Crippen LogP) is 3.06. The number of hydrogen-bond acceptors (Lipinski definition) is 7. The van der Waals surface area contributed by atoms with Gasteiger partial charge in [-0.25, -0.2) is 19.3 Å². The van der Waals surface area contributed by atoms with Crippen molar-refractivity contribution < 1.29 is 27.1 Å². The van der Waals surface area contributed by atoms with E-state index in [1.807, 2.05) is 0 Å². The van der Waals surface area contributed by atoms with E-state index in [1.54, 1.807) is 6.07 Å². The van der Waals surface area contributed by atoms with Crippen LogP contribution in [0.25, 0.3) is 5.69 Å². The first-order chi connectivity index (χ1) is 16.8. The number of amides is 1. The number of halogens is 4. The van der Waals surface area contributed by atoms with Crippen molar-refractivity contribution in [3.63, 3.8) is 0 Å². The van der Waals surface area contributed by atoms with Crippen molar-refractivity contribution in [1.82, 2.24) is 34.7 Å². The molecule has 0 aliphatic rings. The van der Waals surface area contributed by atoms with Crippen LogP contribution >= 0.6 is 0 Å². The smallest absolute Gasteiger partial charge is 0.416 e. The number of anilines is 1. The van der Waals surface area contributed by atoms with Gasteiger partial charge in [-0.2, -0.15) is 22.7 Å². The monoisotopic (exact) mass is 490 g/mol. The minimum Gasteiger partial charge on any atom is -0.489 e. The molecule has 1 aromatic carbocycles. The molecule has 4 rings (SSSR count). The number of alkyl halides is 3. The molecule has 1 N–H and O–H groups in total. The van der Waals surface area contributed by atoms with Crippen LogP contribution in [0.1, 0.15) is 17.7 Å². The highest BCUT2D eigenvalue weighted by atomic mass is 19.4. The number of carbonyl (C=O) groups excluding carboxylic acids is 1. The SMILES string of the molecule is O=C(Cn1cc(CCCOc2cccnc2F)nn1)Nc1cc(C(F)(F)F)ccc1-n1cncn1. The molecule has 35 heavy (non-hydrogen) atoms. The van der Waals surface area contributed by atoms with Gasteiger partial charge in [0.15, 0.2) is 5.75 Å². The van der Waals surface area contributed by atoms with Gasteiger partial charge in [0.25, 0.3) is 5.95 Å². The van der Waals surface area contributed by atoms with Crippen molar-refractivity contribution in [3.8, 4) is 11.4 Å². The molecule has 0 bridgehead atoms. The van der Waals surface area contributed by atoms with Gasteiger partial charge in [-0.3, -0.25) is 4.79 Å². The fourth-order valence-electron chi connectivity index (χ4n) is 3.13. The van der Waals surface area contributed by atoms with Gasteiger partial charge in [-0.1, -0.05) is 5.21 Å². The van der Waals surface area contributed by atoms with E-state index in [0.29, 0.717) is 18.5 Å². The summed E-state index contributed by atoms with van der Waals surface area (Å²) in [6, 6.07) is 5.94. The molecule has 3 heterocycles. The fraction of sp³-hybridized carbons (Fsp3) is 0.238. The third-order valence-corrected chi connectivity index (χ3v) is 4.71. The zero-order chi connectivity index (χ0) is 24.8. The lowest BCUT2D eigenvalue weighted by atomic mass is 10.1. The summed E-state index contributed by atoms with van der Waals surface area (Å²) >= 11 is 0. The van der Waals surface area contributed by atoms with E-state index in [9.17, 15) is 22.4 Å². The molecule has 0 unspecified atom stereocenters. The zero-order valence-corrected chi connectivity index (χ0v) is 18.0. The topological polar surface area (TPSA) is 113 Å². The van der Waals surface area contributed by atoms with E-state index in [4.69, 9.17) is 4.74 Å². The van der Waals surface area contributed by atoms with Crippen molar-refractivity contribution in [2.45, 2.75) is 25.6 Å². The second-order valence-electron chi connectivity index (χ2n) is 7.27. The van der Waals surface area contributed by atoms with E-state index in [2.05, 4.69) is 30.7 Å². The third kappa shape index (κ3) is 6.16. The molecule has 0 radical (unpaired) electrons. The van der Waals surface area contributed by atoms with Crippen molar-refractivity contribution in [3.05, 3.63) is 72.6 Å². The molecule has 0 aliphatic heterocycles. The normalized spacial score (nSPS) is 11.4. The Hall–Kier alpha value is -4.36. The van der Waals surface area contributed by atoms with Crippen LogP contribution in [0.4, 0.5) is 23.2 Å². The van der Waals surface area contributed by atoms with Gasteiger partial charge in [0.1, 0.15) is 19.2 Å². The number of carbonyl (C=O) groups is 1. The van der Waals surface area contributed by atoms with E-state index >= 15 is 0 Å². The van der Waals surface area contributed by atoms with Crippen LogP contribution in [0.15, 0.2) is 55.4 Å². The lowest BCUT2D eigenvalue weighted by Gasteiger charge is -2.14. The quantitative estimate of drug-likeness (QED) is 0.218. The highest BCUT2D eigenvalue weighted by Gasteiger charge is 2.31. The Labute approximate surface area is 195 Å². The number of hydrogen-bond donors (Lipinski definition) is 1. The summed E-state index contributed by atoms with van der Waals surface area (Å²) in [6.45, 7) is -0.0615. The number of ether oxygens (including phenoxy) is 1. The summed E-state index contributed by atoms with van der Waals surface area (Å²) in [5.41, 5.74) is -0.229. The largest absolute Gasteiger partial charge is 0.489 e. The summed E-state index contributed by atoms with van der Waals surface area (Å²) in [5, 5.41) is 14.2. The Kier molecular flexibility index (Phi) is 6.98. The van der Waals surface area contributed by atoms with Gasteiger partial charge >= 0.3 is 6.18 Å². The number of rotatable bonds is 9. The minimum atomic E-state index is -4.59. The van der Waals surface area contributed by atoms with Gasteiger partial charge in [0.05, 0.1) is 29.2 Å². The third-order valence-electron chi connectivity index (χ3n) is 4.71. The summed E-state index contributed by atoms with van der Waals surface area (Å²) in [5.74, 6) is -1.26. The fourth-order valence-corrected chi connectivity index (χ4v) is 3.13. The Morgan fingerprint density at radius 1 is 1.20 bits per heavy atom. The summed E-state index contributed by atoms with van der Waals surface area (Å²) in [4.78, 5) is 19.8. The molecule has 0 spiro atoms. The summed E-state index contributed by atoms with van der Waals surface area (Å²) in [6.07, 6.45) is 1.74. The molecule has 182 valence electrons. The molecule has 10 nitrogen and oxygen atoms in total. The Balaban J connectivity index is 1.35. The Morgan fingerprint density at radius 2 is 2.06 bits per heavy atom. The van der Waals surface area contributed by atoms with Crippen LogP contribution in [0.5, 0.6) is 5.75 Å². The number of benzene rings is 1. The first kappa shape index (κ1) is 23.8. The maximum absolute atomic E-state index is 13.4. The van der Waals surface area contributed by atoms with Crippen LogP contribution < -0.4 is 10.1 Å². The van der Waals surface area contributed by atoms with Gasteiger partial charge in [0, 0.05) is 12.4 Å². The molecule has 0 atom stereocenters. The molecule has 1 amide bonds. The molecule has 0 saturated carbocycles. The van der Waals surface area contributed by atoms with E-state index in [-0.39, 0.29) is 30.3 Å². The van der Waals surface area contributed by atoms with E-state index in [0.717, 1.165) is 12.1 Å². The molecule has 0 saturated heterocycles. The van der Waals surface area contributed by atoms with Gasteiger partial charge in [-0.15, -0.1) is 5.10 Å². The van der Waals surface area contributed by atoms with Crippen LogP contribution in [0.2, 0.25) is 0 Å². The van der Waals surface area contributed by atoms with Crippen LogP contribution in [0.3, 0.4) is 0 Å². The highest BCUT2D eigenvalue weighted by Crippen LogP contribution is 2.33. The van der Waals surface area contributed by atoms with E-state index in [1.165, 1.54) is 46.5 Å². The summed E-state index contributed by atoms with van der Waals surface area (Å²) in [7, 11) is 0. The minimum absolute atomic E-state index is 0.0488. The molecule has 0 aliphatic carbocycles. The molecule has 0 fully saturated rings. The van der Waals surface area contributed by atoms with Crippen molar-refractivity contribution >= 4 is 11.6 Å². The standard InChI is InChI=1S/C21H18F4N8O2/c22-20-18(4-1-7-27-20)35-8-2-3-15-10-32(31-30-15)11-19(34)29-16-9-14(21(23,24)25)5-6-17(16)33-13-26-12-28-33/h1,4-7,9-10,12-13H,2-3,8,11H2,(H,29,34). The predicted molar refractivity (Wildman–Crippen MR) is 113 cm³/mol. The Morgan fingerprint density at radius 3 is 2.80 bits per heavy atom. The second kappa shape index (κ2) is 10.3. The summed E-state index contributed by atoms with van der Waals surface area (Å²) < 4.78 is 60.8. The number of nitrogens with zero attached hydrogens (tertiary/aromatic N) is 7. The van der Waals surface area contributed by atoms with Gasteiger partial charge < -0.3 is 10.1 Å². The number of aromatic nitrogens is 7. The average molecular weight is 490 g/mol. The van der Waals surface area contributed by atoms with E-state index < -0.39 is 23.6 Å². The Bertz CT molecular complexity index is 1290. The average Bonchev–Trinajstić information content (AvgIpc) is 3.49.